The summed E-state index contributed by atoms with van der Waals surface area (Å²) >= 11 is 3.52. The molecule has 0 spiro atoms. The van der Waals surface area contributed by atoms with Gasteiger partial charge in [0.1, 0.15) is 0 Å². The van der Waals surface area contributed by atoms with Crippen molar-refractivity contribution in [3.05, 3.63) is 41.1 Å². The Morgan fingerprint density at radius 2 is 2.00 bits per heavy atom. The summed E-state index contributed by atoms with van der Waals surface area (Å²) in [4.78, 5) is 11.6. The summed E-state index contributed by atoms with van der Waals surface area (Å²) in [6, 6.07) is 6.65. The van der Waals surface area contributed by atoms with E-state index in [0.717, 1.165) is 17.6 Å². The van der Waals surface area contributed by atoms with Crippen LogP contribution >= 0.6 is 15.9 Å². The molecule has 1 aromatic carbocycles. The van der Waals surface area contributed by atoms with E-state index in [-0.39, 0.29) is 16.1 Å². The lowest BCUT2D eigenvalue weighted by molar-refractivity contribution is -0.117. The first kappa shape index (κ1) is 17.0. The first-order chi connectivity index (χ1) is 10.3. The standard InChI is InChI=1S/C15H19BrN2O3S/c1-10-2-5-13(6-3-10)22(20,21)18-14-7-4-12(16)8-11(14)9-15(17)19/h2-3,5-6,12,18H,4,7-9H2,1H3,(H2,17,19). The summed E-state index contributed by atoms with van der Waals surface area (Å²) in [6.45, 7) is 1.90. The Balaban J connectivity index is 2.29. The van der Waals surface area contributed by atoms with Crippen LogP contribution in [0.5, 0.6) is 0 Å². The van der Waals surface area contributed by atoms with E-state index in [0.29, 0.717) is 18.5 Å². The summed E-state index contributed by atoms with van der Waals surface area (Å²) in [5, 5.41) is 0. The van der Waals surface area contributed by atoms with Crippen LogP contribution in [0.4, 0.5) is 0 Å². The van der Waals surface area contributed by atoms with Crippen LogP contribution in [0.1, 0.15) is 31.2 Å². The highest BCUT2D eigenvalue weighted by Gasteiger charge is 2.24. The number of allylic oxidation sites excluding steroid dienone is 1. The highest BCUT2D eigenvalue weighted by atomic mass is 79.9. The first-order valence-electron chi connectivity index (χ1n) is 7.00. The van der Waals surface area contributed by atoms with Crippen molar-refractivity contribution in [2.24, 2.45) is 5.73 Å². The van der Waals surface area contributed by atoms with Crippen molar-refractivity contribution in [3.8, 4) is 0 Å². The zero-order chi connectivity index (χ0) is 16.3. The van der Waals surface area contributed by atoms with Gasteiger partial charge in [0.2, 0.25) is 5.91 Å². The zero-order valence-electron chi connectivity index (χ0n) is 12.3. The molecule has 1 amide bonds. The number of hydrogen-bond donors (Lipinski definition) is 2. The van der Waals surface area contributed by atoms with Gasteiger partial charge in [-0.15, -0.1) is 0 Å². The van der Waals surface area contributed by atoms with Gasteiger partial charge in [0.05, 0.1) is 4.90 Å². The predicted molar refractivity (Wildman–Crippen MR) is 88.9 cm³/mol. The fraction of sp³-hybridized carbons (Fsp3) is 0.400. The largest absolute Gasteiger partial charge is 0.369 e. The van der Waals surface area contributed by atoms with E-state index in [4.69, 9.17) is 5.73 Å². The number of hydrogen-bond acceptors (Lipinski definition) is 3. The first-order valence-corrected chi connectivity index (χ1v) is 9.40. The monoisotopic (exact) mass is 386 g/mol. The maximum atomic E-state index is 12.5. The zero-order valence-corrected chi connectivity index (χ0v) is 14.7. The number of nitrogens with two attached hydrogens (primary N) is 1. The van der Waals surface area contributed by atoms with E-state index in [1.54, 1.807) is 24.3 Å². The molecule has 1 aromatic rings. The second-order valence-corrected chi connectivity index (χ2v) is 8.46. The summed E-state index contributed by atoms with van der Waals surface area (Å²) in [5.41, 5.74) is 7.60. The number of rotatable bonds is 5. The SMILES string of the molecule is Cc1ccc(S(=O)(=O)NC2=C(CC(N)=O)CC(Br)CC2)cc1. The summed E-state index contributed by atoms with van der Waals surface area (Å²) in [7, 11) is -3.64. The minimum absolute atomic E-state index is 0.0772. The van der Waals surface area contributed by atoms with Gasteiger partial charge in [-0.1, -0.05) is 33.6 Å². The molecule has 5 nitrogen and oxygen atoms in total. The number of amides is 1. The number of benzene rings is 1. The Hall–Kier alpha value is -1.34. The molecule has 0 aliphatic heterocycles. The lowest BCUT2D eigenvalue weighted by Crippen LogP contribution is -2.28. The highest BCUT2D eigenvalue weighted by molar-refractivity contribution is 9.09. The van der Waals surface area contributed by atoms with Gasteiger partial charge in [0.15, 0.2) is 0 Å². The number of primary amides is 1. The molecule has 1 atom stereocenters. The van der Waals surface area contributed by atoms with E-state index in [1.165, 1.54) is 0 Å². The minimum Gasteiger partial charge on any atom is -0.369 e. The number of halogens is 1. The summed E-state index contributed by atoms with van der Waals surface area (Å²) < 4.78 is 27.5. The van der Waals surface area contributed by atoms with E-state index in [2.05, 4.69) is 20.7 Å². The van der Waals surface area contributed by atoms with E-state index in [9.17, 15) is 13.2 Å². The maximum absolute atomic E-state index is 12.5. The third-order valence-corrected chi connectivity index (χ3v) is 5.77. The van der Waals surface area contributed by atoms with Gasteiger partial charge in [-0.3, -0.25) is 9.52 Å². The molecule has 0 saturated carbocycles. The van der Waals surface area contributed by atoms with Gasteiger partial charge < -0.3 is 5.73 Å². The quantitative estimate of drug-likeness (QED) is 0.760. The fourth-order valence-corrected chi connectivity index (χ4v) is 4.22. The summed E-state index contributed by atoms with van der Waals surface area (Å²) in [6.07, 6.45) is 2.08. The van der Waals surface area contributed by atoms with Gasteiger partial charge in [0.25, 0.3) is 10.0 Å². The Kier molecular flexibility index (Phi) is 5.28. The van der Waals surface area contributed by atoms with Crippen molar-refractivity contribution >= 4 is 31.9 Å². The Bertz CT molecular complexity index is 696. The van der Waals surface area contributed by atoms with Crippen molar-refractivity contribution < 1.29 is 13.2 Å². The molecule has 1 aliphatic rings. The van der Waals surface area contributed by atoms with E-state index >= 15 is 0 Å². The molecule has 1 aliphatic carbocycles. The van der Waals surface area contributed by atoms with Gasteiger partial charge in [-0.25, -0.2) is 8.42 Å². The molecule has 1 unspecified atom stereocenters. The number of nitrogens with one attached hydrogen (secondary N) is 1. The molecule has 120 valence electrons. The van der Waals surface area contributed by atoms with Crippen LogP contribution in [0.2, 0.25) is 0 Å². The molecule has 7 heteroatoms. The molecule has 22 heavy (non-hydrogen) atoms. The van der Waals surface area contributed by atoms with Crippen LogP contribution in [0.15, 0.2) is 40.4 Å². The average Bonchev–Trinajstić information content (AvgIpc) is 2.41. The third kappa shape index (κ3) is 4.33. The van der Waals surface area contributed by atoms with Crippen molar-refractivity contribution in [1.29, 1.82) is 0 Å². The van der Waals surface area contributed by atoms with Crippen LogP contribution in [-0.2, 0) is 14.8 Å². The van der Waals surface area contributed by atoms with E-state index < -0.39 is 15.9 Å². The molecule has 0 fully saturated rings. The van der Waals surface area contributed by atoms with Crippen molar-refractivity contribution in [2.75, 3.05) is 0 Å². The van der Waals surface area contributed by atoms with Crippen molar-refractivity contribution in [2.45, 2.75) is 42.3 Å². The van der Waals surface area contributed by atoms with Gasteiger partial charge in [-0.2, -0.15) is 0 Å². The topological polar surface area (TPSA) is 89.3 Å². The summed E-state index contributed by atoms with van der Waals surface area (Å²) in [5.74, 6) is -0.455. The lowest BCUT2D eigenvalue weighted by Gasteiger charge is -2.24. The van der Waals surface area contributed by atoms with Crippen LogP contribution in [0, 0.1) is 6.92 Å². The Labute approximate surface area is 139 Å². The number of aryl methyl sites for hydroxylation is 1. The number of sulfonamides is 1. The molecule has 3 N–H and O–H groups in total. The second kappa shape index (κ2) is 6.83. The number of carbonyl (C=O) groups is 1. The van der Waals surface area contributed by atoms with Gasteiger partial charge in [0, 0.05) is 16.9 Å². The number of alkyl halides is 1. The van der Waals surface area contributed by atoms with Crippen molar-refractivity contribution in [1.82, 2.24) is 4.72 Å². The predicted octanol–water partition coefficient (Wildman–Crippen LogP) is 2.35. The molecule has 0 saturated heterocycles. The Morgan fingerprint density at radius 3 is 2.59 bits per heavy atom. The number of carbonyl (C=O) groups excluding carboxylic acids is 1. The molecule has 2 rings (SSSR count). The van der Waals surface area contributed by atoms with Gasteiger partial charge >= 0.3 is 0 Å². The molecular weight excluding hydrogens is 368 g/mol. The van der Waals surface area contributed by atoms with Crippen LogP contribution in [0.3, 0.4) is 0 Å². The molecule has 0 bridgehead atoms. The third-order valence-electron chi connectivity index (χ3n) is 3.58. The molecule has 0 aromatic heterocycles. The highest BCUT2D eigenvalue weighted by Crippen LogP contribution is 2.31. The van der Waals surface area contributed by atoms with Crippen LogP contribution in [0.25, 0.3) is 0 Å². The average molecular weight is 387 g/mol. The van der Waals surface area contributed by atoms with Crippen LogP contribution < -0.4 is 10.5 Å². The van der Waals surface area contributed by atoms with Gasteiger partial charge in [-0.05, 0) is 43.9 Å². The van der Waals surface area contributed by atoms with Crippen molar-refractivity contribution in [3.63, 3.8) is 0 Å². The van der Waals surface area contributed by atoms with E-state index in [1.807, 2.05) is 6.92 Å². The van der Waals surface area contributed by atoms with Crippen LogP contribution in [-0.4, -0.2) is 19.2 Å². The maximum Gasteiger partial charge on any atom is 0.261 e. The molecular formula is C15H19BrN2O3S. The minimum atomic E-state index is -3.64. The Morgan fingerprint density at radius 1 is 1.36 bits per heavy atom. The molecule has 0 radical (unpaired) electrons. The lowest BCUT2D eigenvalue weighted by atomic mass is 9.94. The molecule has 0 heterocycles. The second-order valence-electron chi connectivity index (χ2n) is 5.48. The smallest absolute Gasteiger partial charge is 0.261 e. The normalized spacial score (nSPS) is 19.1. The fourth-order valence-electron chi connectivity index (χ4n) is 2.42.